The van der Waals surface area contributed by atoms with Crippen LogP contribution in [0, 0.1) is 0 Å². The summed E-state index contributed by atoms with van der Waals surface area (Å²) in [6.45, 7) is 1.38. The van der Waals surface area contributed by atoms with Crippen LogP contribution >= 0.6 is 11.6 Å². The maximum atomic E-state index is 13.2. The molecule has 0 spiro atoms. The zero-order chi connectivity index (χ0) is 25.5. The Hall–Kier alpha value is -3.22. The number of nitrogens with zero attached hydrogens (tertiary/aromatic N) is 2. The Bertz CT molecular complexity index is 1090. The Morgan fingerprint density at radius 1 is 1.21 bits per heavy atom. The summed E-state index contributed by atoms with van der Waals surface area (Å²) < 4.78 is 80.9. The maximum Gasteiger partial charge on any atom is 0.573 e. The number of carbonyl (C=O) groups is 2. The molecule has 1 saturated heterocycles. The number of piperazine rings is 1. The van der Waals surface area contributed by atoms with Gasteiger partial charge in [-0.2, -0.15) is 13.2 Å². The highest BCUT2D eigenvalue weighted by molar-refractivity contribution is 6.31. The minimum atomic E-state index is -4.95. The molecule has 7 nitrogen and oxygen atoms in total. The number of aromatic nitrogens is 1. The molecule has 3 amide bonds. The number of nitrogens with one attached hydrogen (secondary N) is 1. The third kappa shape index (κ3) is 4.98. The number of primary amides is 1. The zero-order valence-electron chi connectivity index (χ0n) is 17.3. The van der Waals surface area contributed by atoms with Crippen LogP contribution in [0.3, 0.4) is 0 Å². The van der Waals surface area contributed by atoms with Crippen molar-refractivity contribution >= 4 is 23.5 Å². The second-order valence-electron chi connectivity index (χ2n) is 7.54. The summed E-state index contributed by atoms with van der Waals surface area (Å²) in [4.78, 5) is 29.6. The van der Waals surface area contributed by atoms with Crippen LogP contribution in [0.25, 0.3) is 0 Å². The first-order valence-electron chi connectivity index (χ1n) is 9.58. The van der Waals surface area contributed by atoms with Gasteiger partial charge >= 0.3 is 18.6 Å². The molecule has 1 aromatic heterocycles. The van der Waals surface area contributed by atoms with Crippen molar-refractivity contribution in [2.45, 2.75) is 30.9 Å². The molecule has 0 saturated carbocycles. The summed E-state index contributed by atoms with van der Waals surface area (Å²) in [5.41, 5.74) is 2.48. The lowest BCUT2D eigenvalue weighted by atomic mass is 9.74. The average molecular weight is 511 g/mol. The van der Waals surface area contributed by atoms with Crippen LogP contribution in [0.15, 0.2) is 36.5 Å². The molecule has 0 radical (unpaired) electrons. The fraction of sp³-hybridized carbons (Fsp3) is 0.350. The minimum absolute atomic E-state index is 0.00621. The van der Waals surface area contributed by atoms with Crippen molar-refractivity contribution in [1.82, 2.24) is 15.2 Å². The number of ether oxygens (including phenoxy) is 1. The van der Waals surface area contributed by atoms with Gasteiger partial charge < -0.3 is 20.7 Å². The quantitative estimate of drug-likeness (QED) is 0.606. The number of alkyl halides is 6. The number of halogens is 7. The van der Waals surface area contributed by atoms with E-state index >= 15 is 0 Å². The number of benzene rings is 1. The van der Waals surface area contributed by atoms with E-state index in [9.17, 15) is 35.9 Å². The van der Waals surface area contributed by atoms with E-state index in [2.05, 4.69) is 15.0 Å². The highest BCUT2D eigenvalue weighted by atomic mass is 35.5. The van der Waals surface area contributed by atoms with Crippen LogP contribution in [0.4, 0.5) is 31.1 Å². The number of pyridine rings is 1. The number of rotatable bonds is 4. The first-order valence-corrected chi connectivity index (χ1v) is 9.96. The summed E-state index contributed by atoms with van der Waals surface area (Å²) in [7, 11) is 0. The number of carbonyl (C=O) groups excluding carboxylic acids is 2. The molecular weight excluding hydrogens is 494 g/mol. The molecule has 1 aromatic carbocycles. The molecule has 1 fully saturated rings. The molecule has 0 aliphatic carbocycles. The summed E-state index contributed by atoms with van der Waals surface area (Å²) in [6.07, 6.45) is -8.97. The monoisotopic (exact) mass is 510 g/mol. The van der Waals surface area contributed by atoms with Gasteiger partial charge in [-0.3, -0.25) is 9.78 Å². The zero-order valence-corrected chi connectivity index (χ0v) is 18.1. The van der Waals surface area contributed by atoms with Gasteiger partial charge in [0.05, 0.1) is 5.02 Å². The van der Waals surface area contributed by atoms with Crippen molar-refractivity contribution in [1.29, 1.82) is 0 Å². The largest absolute Gasteiger partial charge is 0.573 e. The molecule has 2 aromatic rings. The Labute approximate surface area is 193 Å². The maximum absolute atomic E-state index is 13.2. The fourth-order valence-corrected chi connectivity index (χ4v) is 4.25. The standard InChI is InChI=1S/C20H17ClF6N4O3/c1-18(16(32)29-6-7-31(18)17(28)33)14(10-2-4-12(5-3-10)34-20(25,26)27)11-8-13(21)15(30-9-11)19(22,23)24/h2-5,8-9,14H,6-7H2,1H3,(H2,28,33)(H,29,32)/t14-,18?/m0/s1. The molecule has 3 rings (SSSR count). The van der Waals surface area contributed by atoms with Crippen LogP contribution in [0.2, 0.25) is 5.02 Å². The minimum Gasteiger partial charge on any atom is -0.406 e. The lowest BCUT2D eigenvalue weighted by Crippen LogP contribution is -2.68. The highest BCUT2D eigenvalue weighted by Gasteiger charge is 2.51. The summed E-state index contributed by atoms with van der Waals surface area (Å²) in [6, 6.07) is 4.26. The van der Waals surface area contributed by atoms with Crippen LogP contribution in [0.1, 0.15) is 29.7 Å². The van der Waals surface area contributed by atoms with Crippen molar-refractivity contribution in [3.63, 3.8) is 0 Å². The van der Waals surface area contributed by atoms with Crippen LogP contribution in [0.5, 0.6) is 5.75 Å². The topological polar surface area (TPSA) is 97.6 Å². The van der Waals surface area contributed by atoms with Crippen LogP contribution < -0.4 is 15.8 Å². The highest BCUT2D eigenvalue weighted by Crippen LogP contribution is 2.43. The lowest BCUT2D eigenvalue weighted by Gasteiger charge is -2.47. The summed E-state index contributed by atoms with van der Waals surface area (Å²) in [5, 5.41) is 1.81. The van der Waals surface area contributed by atoms with E-state index in [1.165, 1.54) is 19.1 Å². The molecule has 184 valence electrons. The van der Waals surface area contributed by atoms with Crippen LogP contribution in [-0.2, 0) is 11.0 Å². The SMILES string of the molecule is CC1([C@@H](c2ccc(OC(F)(F)F)cc2)c2cnc(C(F)(F)F)c(Cl)c2)C(=O)NCCN1C(N)=O. The van der Waals surface area contributed by atoms with Crippen molar-refractivity contribution < 1.29 is 40.7 Å². The number of hydrogen-bond donors (Lipinski definition) is 2. The van der Waals surface area contributed by atoms with Crippen molar-refractivity contribution in [3.8, 4) is 5.75 Å². The Kier molecular flexibility index (Phi) is 6.62. The normalized spacial score (nSPS) is 20.0. The predicted octanol–water partition coefficient (Wildman–Crippen LogP) is 4.05. The van der Waals surface area contributed by atoms with E-state index in [4.69, 9.17) is 17.3 Å². The average Bonchev–Trinajstić information content (AvgIpc) is 2.69. The second kappa shape index (κ2) is 8.85. The molecule has 34 heavy (non-hydrogen) atoms. The third-order valence-electron chi connectivity index (χ3n) is 5.38. The predicted molar refractivity (Wildman–Crippen MR) is 107 cm³/mol. The smallest absolute Gasteiger partial charge is 0.406 e. The van der Waals surface area contributed by atoms with Gasteiger partial charge in [-0.1, -0.05) is 23.7 Å². The molecule has 14 heteroatoms. The van der Waals surface area contributed by atoms with Gasteiger partial charge in [0.2, 0.25) is 5.91 Å². The van der Waals surface area contributed by atoms with E-state index in [1.54, 1.807) is 0 Å². The Morgan fingerprint density at radius 2 is 1.82 bits per heavy atom. The first kappa shape index (κ1) is 25.4. The fourth-order valence-electron chi connectivity index (χ4n) is 3.96. The van der Waals surface area contributed by atoms with Crippen molar-refractivity contribution in [3.05, 3.63) is 58.4 Å². The van der Waals surface area contributed by atoms with Crippen molar-refractivity contribution in [2.24, 2.45) is 5.73 Å². The second-order valence-corrected chi connectivity index (χ2v) is 7.95. The van der Waals surface area contributed by atoms with Gasteiger partial charge in [0.15, 0.2) is 5.69 Å². The summed E-state index contributed by atoms with van der Waals surface area (Å²) >= 11 is 5.83. The Morgan fingerprint density at radius 3 is 2.32 bits per heavy atom. The lowest BCUT2D eigenvalue weighted by molar-refractivity contribution is -0.274. The molecule has 3 N–H and O–H groups in total. The molecular formula is C20H17ClF6N4O3. The van der Waals surface area contributed by atoms with E-state index in [0.29, 0.717) is 0 Å². The molecule has 1 unspecified atom stereocenters. The number of nitrogens with two attached hydrogens (primary N) is 1. The van der Waals surface area contributed by atoms with Crippen LogP contribution in [-0.4, -0.2) is 46.8 Å². The van der Waals surface area contributed by atoms with E-state index in [0.717, 1.165) is 29.3 Å². The van der Waals surface area contributed by atoms with E-state index in [-0.39, 0.29) is 24.2 Å². The van der Waals surface area contributed by atoms with Gasteiger partial charge in [0.25, 0.3) is 0 Å². The Balaban J connectivity index is 2.19. The third-order valence-corrected chi connectivity index (χ3v) is 5.67. The first-order chi connectivity index (χ1) is 15.6. The molecule has 2 heterocycles. The molecule has 1 aliphatic rings. The van der Waals surface area contributed by atoms with Gasteiger partial charge in [-0.05, 0) is 36.2 Å². The number of urea groups is 1. The molecule has 1 aliphatic heterocycles. The van der Waals surface area contributed by atoms with E-state index < -0.39 is 52.4 Å². The van der Waals surface area contributed by atoms with Gasteiger partial charge in [-0.15, -0.1) is 13.2 Å². The van der Waals surface area contributed by atoms with E-state index in [1.807, 2.05) is 0 Å². The number of hydrogen-bond acceptors (Lipinski definition) is 4. The van der Waals surface area contributed by atoms with Gasteiger partial charge in [0.1, 0.15) is 11.3 Å². The van der Waals surface area contributed by atoms with Crippen molar-refractivity contribution in [2.75, 3.05) is 13.1 Å². The number of amides is 3. The molecule has 0 bridgehead atoms. The summed E-state index contributed by atoms with van der Waals surface area (Å²) in [5.74, 6) is -2.47. The molecule has 2 atom stereocenters. The van der Waals surface area contributed by atoms with Gasteiger partial charge in [-0.25, -0.2) is 4.79 Å². The van der Waals surface area contributed by atoms with Gasteiger partial charge in [0, 0.05) is 25.2 Å².